The van der Waals surface area contributed by atoms with Gasteiger partial charge in [-0.1, -0.05) is 53.0 Å². The first-order valence-corrected chi connectivity index (χ1v) is 7.28. The summed E-state index contributed by atoms with van der Waals surface area (Å²) in [6, 6.07) is 11.2. The Hall–Kier alpha value is -1.09. The van der Waals surface area contributed by atoms with Crippen LogP contribution in [0.4, 0.5) is 5.69 Å². The minimum Gasteiger partial charge on any atom is -0.491 e. The average molecular weight is 331 g/mol. The summed E-state index contributed by atoms with van der Waals surface area (Å²) in [4.78, 5) is 0. The molecule has 2 aromatic rings. The van der Waals surface area contributed by atoms with Gasteiger partial charge in [0, 0.05) is 6.54 Å². The number of rotatable bonds is 5. The van der Waals surface area contributed by atoms with E-state index in [4.69, 9.17) is 39.5 Å². The molecule has 0 aliphatic carbocycles. The topological polar surface area (TPSA) is 21.3 Å². The van der Waals surface area contributed by atoms with Crippen molar-refractivity contribution >= 4 is 40.5 Å². The summed E-state index contributed by atoms with van der Waals surface area (Å²) in [5.74, 6) is 0.884. The molecule has 0 amide bonds. The van der Waals surface area contributed by atoms with Gasteiger partial charge in [-0.2, -0.15) is 0 Å². The maximum Gasteiger partial charge on any atom is 0.122 e. The van der Waals surface area contributed by atoms with Gasteiger partial charge in [-0.3, -0.25) is 0 Å². The van der Waals surface area contributed by atoms with Crippen molar-refractivity contribution in [1.29, 1.82) is 0 Å². The van der Waals surface area contributed by atoms with Crippen LogP contribution in [0.1, 0.15) is 5.56 Å². The van der Waals surface area contributed by atoms with Crippen molar-refractivity contribution in [3.8, 4) is 5.75 Å². The molecular formula is C15H14Cl3NO. The minimum atomic E-state index is 0.443. The first-order chi connectivity index (χ1) is 9.58. The van der Waals surface area contributed by atoms with Crippen LogP contribution in [0, 0.1) is 6.92 Å². The predicted molar refractivity (Wildman–Crippen MR) is 86.6 cm³/mol. The maximum atomic E-state index is 6.08. The molecular weight excluding hydrogens is 317 g/mol. The number of ether oxygens (including phenoxy) is 1. The second kappa shape index (κ2) is 7.07. The molecule has 2 aromatic carbocycles. The zero-order chi connectivity index (χ0) is 14.5. The van der Waals surface area contributed by atoms with Crippen LogP contribution in [0.15, 0.2) is 36.4 Å². The molecule has 5 heteroatoms. The van der Waals surface area contributed by atoms with E-state index in [2.05, 4.69) is 5.32 Å². The van der Waals surface area contributed by atoms with Gasteiger partial charge < -0.3 is 10.1 Å². The van der Waals surface area contributed by atoms with Crippen LogP contribution in [0.2, 0.25) is 15.1 Å². The third-order valence-electron chi connectivity index (χ3n) is 2.78. The lowest BCUT2D eigenvalue weighted by molar-refractivity contribution is 0.330. The molecule has 0 aliphatic rings. The van der Waals surface area contributed by atoms with Gasteiger partial charge in [0.1, 0.15) is 12.4 Å². The molecule has 0 fully saturated rings. The molecule has 0 saturated carbocycles. The monoisotopic (exact) mass is 329 g/mol. The zero-order valence-corrected chi connectivity index (χ0v) is 13.2. The number of aryl methyl sites for hydroxylation is 1. The fourth-order valence-electron chi connectivity index (χ4n) is 1.72. The Morgan fingerprint density at radius 1 is 1.00 bits per heavy atom. The van der Waals surface area contributed by atoms with E-state index in [1.54, 1.807) is 12.1 Å². The van der Waals surface area contributed by atoms with Gasteiger partial charge in [0.2, 0.25) is 0 Å². The first kappa shape index (κ1) is 15.3. The van der Waals surface area contributed by atoms with E-state index in [1.807, 2.05) is 31.2 Å². The summed E-state index contributed by atoms with van der Waals surface area (Å²) in [5, 5.41) is 4.62. The number of nitrogens with one attached hydrogen (secondary N) is 1. The highest BCUT2D eigenvalue weighted by atomic mass is 35.5. The van der Waals surface area contributed by atoms with E-state index in [9.17, 15) is 0 Å². The number of hydrogen-bond acceptors (Lipinski definition) is 2. The fraction of sp³-hybridized carbons (Fsp3) is 0.200. The van der Waals surface area contributed by atoms with E-state index in [0.717, 1.165) is 17.0 Å². The Bertz CT molecular complexity index is 602. The zero-order valence-electron chi connectivity index (χ0n) is 10.9. The predicted octanol–water partition coefficient (Wildman–Crippen LogP) is 5.45. The van der Waals surface area contributed by atoms with Gasteiger partial charge in [-0.25, -0.2) is 0 Å². The Kier molecular flexibility index (Phi) is 5.41. The summed E-state index contributed by atoms with van der Waals surface area (Å²) in [6.07, 6.45) is 0. The van der Waals surface area contributed by atoms with Crippen molar-refractivity contribution in [2.24, 2.45) is 0 Å². The highest BCUT2D eigenvalue weighted by molar-refractivity contribution is 6.44. The standard InChI is InChI=1S/C15H14Cl3NO/c1-10-4-2-3-5-15(10)20-7-6-19-14-9-12(17)11(16)8-13(14)18/h2-5,8-9,19H,6-7H2,1H3. The van der Waals surface area contributed by atoms with Crippen molar-refractivity contribution in [2.45, 2.75) is 6.92 Å². The normalized spacial score (nSPS) is 10.4. The summed E-state index contributed by atoms with van der Waals surface area (Å²) in [7, 11) is 0. The summed E-state index contributed by atoms with van der Waals surface area (Å²) >= 11 is 17.9. The van der Waals surface area contributed by atoms with Crippen LogP contribution < -0.4 is 10.1 Å². The second-order valence-corrected chi connectivity index (χ2v) is 5.51. The van der Waals surface area contributed by atoms with Crippen LogP contribution >= 0.6 is 34.8 Å². The third kappa shape index (κ3) is 3.95. The largest absolute Gasteiger partial charge is 0.491 e. The van der Waals surface area contributed by atoms with Gasteiger partial charge in [-0.05, 0) is 30.7 Å². The van der Waals surface area contributed by atoms with Gasteiger partial charge in [-0.15, -0.1) is 0 Å². The summed E-state index contributed by atoms with van der Waals surface area (Å²) in [5.41, 5.74) is 1.86. The smallest absolute Gasteiger partial charge is 0.122 e. The van der Waals surface area contributed by atoms with Crippen LogP contribution in [0.25, 0.3) is 0 Å². The minimum absolute atomic E-state index is 0.443. The van der Waals surface area contributed by atoms with Gasteiger partial charge in [0.15, 0.2) is 0 Å². The molecule has 0 bridgehead atoms. The first-order valence-electron chi connectivity index (χ1n) is 6.15. The molecule has 20 heavy (non-hydrogen) atoms. The Morgan fingerprint density at radius 2 is 1.70 bits per heavy atom. The van der Waals surface area contributed by atoms with Crippen LogP contribution in [0.3, 0.4) is 0 Å². The number of hydrogen-bond donors (Lipinski definition) is 1. The van der Waals surface area contributed by atoms with Crippen LogP contribution in [-0.2, 0) is 0 Å². The Labute approximate surface area is 133 Å². The van der Waals surface area contributed by atoms with Crippen molar-refractivity contribution in [1.82, 2.24) is 0 Å². The van der Waals surface area contributed by atoms with Gasteiger partial charge in [0.25, 0.3) is 0 Å². The van der Waals surface area contributed by atoms with Crippen molar-refractivity contribution in [3.05, 3.63) is 57.0 Å². The van der Waals surface area contributed by atoms with Crippen molar-refractivity contribution in [2.75, 3.05) is 18.5 Å². The van der Waals surface area contributed by atoms with E-state index in [0.29, 0.717) is 28.2 Å². The molecule has 2 rings (SSSR count). The molecule has 106 valence electrons. The number of halogens is 3. The molecule has 0 spiro atoms. The van der Waals surface area contributed by atoms with E-state index in [1.165, 1.54) is 0 Å². The maximum absolute atomic E-state index is 6.08. The SMILES string of the molecule is Cc1ccccc1OCCNc1cc(Cl)c(Cl)cc1Cl. The van der Waals surface area contributed by atoms with Crippen molar-refractivity contribution < 1.29 is 4.74 Å². The van der Waals surface area contributed by atoms with E-state index >= 15 is 0 Å². The number of para-hydroxylation sites is 1. The highest BCUT2D eigenvalue weighted by Crippen LogP contribution is 2.32. The fourth-order valence-corrected chi connectivity index (χ4v) is 2.34. The average Bonchev–Trinajstić information content (AvgIpc) is 2.42. The van der Waals surface area contributed by atoms with Gasteiger partial charge in [0.05, 0.1) is 20.8 Å². The lowest BCUT2D eigenvalue weighted by Crippen LogP contribution is -2.12. The molecule has 0 aliphatic heterocycles. The Morgan fingerprint density at radius 3 is 2.45 bits per heavy atom. The van der Waals surface area contributed by atoms with E-state index < -0.39 is 0 Å². The molecule has 0 radical (unpaired) electrons. The lowest BCUT2D eigenvalue weighted by Gasteiger charge is -2.12. The molecule has 1 N–H and O–H groups in total. The highest BCUT2D eigenvalue weighted by Gasteiger charge is 2.05. The van der Waals surface area contributed by atoms with Crippen LogP contribution in [-0.4, -0.2) is 13.2 Å². The number of anilines is 1. The summed E-state index contributed by atoms with van der Waals surface area (Å²) < 4.78 is 5.69. The molecule has 0 atom stereocenters. The molecule has 2 nitrogen and oxygen atoms in total. The molecule has 0 unspecified atom stereocenters. The second-order valence-electron chi connectivity index (χ2n) is 4.29. The summed E-state index contributed by atoms with van der Waals surface area (Å²) in [6.45, 7) is 3.16. The van der Waals surface area contributed by atoms with Crippen molar-refractivity contribution in [3.63, 3.8) is 0 Å². The number of benzene rings is 2. The lowest BCUT2D eigenvalue weighted by atomic mass is 10.2. The van der Waals surface area contributed by atoms with Gasteiger partial charge >= 0.3 is 0 Å². The Balaban J connectivity index is 1.88. The third-order valence-corrected chi connectivity index (χ3v) is 3.81. The van der Waals surface area contributed by atoms with E-state index in [-0.39, 0.29) is 0 Å². The molecule has 0 aromatic heterocycles. The molecule has 0 saturated heterocycles. The molecule has 0 heterocycles. The van der Waals surface area contributed by atoms with Crippen LogP contribution in [0.5, 0.6) is 5.75 Å². The quantitative estimate of drug-likeness (QED) is 0.581.